The third-order valence-electron chi connectivity index (χ3n) is 3.40. The summed E-state index contributed by atoms with van der Waals surface area (Å²) in [6.07, 6.45) is 2.35. The summed E-state index contributed by atoms with van der Waals surface area (Å²) >= 11 is 1.23. The van der Waals surface area contributed by atoms with Crippen molar-refractivity contribution in [1.29, 1.82) is 0 Å². The molecule has 0 aliphatic carbocycles. The first kappa shape index (κ1) is 14.2. The molecule has 1 aromatic rings. The molecule has 0 amide bonds. The summed E-state index contributed by atoms with van der Waals surface area (Å²) in [6.45, 7) is 7.07. The number of carboxylic acids is 1. The first-order valence-electron chi connectivity index (χ1n) is 6.64. The normalized spacial score (nSPS) is 16.8. The Bertz CT molecular complexity index is 441. The second-order valence-electron chi connectivity index (χ2n) is 4.88. The largest absolute Gasteiger partial charge is 0.481 e. The van der Waals surface area contributed by atoms with Gasteiger partial charge in [0, 0.05) is 19.6 Å². The van der Waals surface area contributed by atoms with E-state index in [4.69, 9.17) is 5.11 Å². The third-order valence-corrected chi connectivity index (χ3v) is 4.36. The van der Waals surface area contributed by atoms with Crippen LogP contribution in [-0.4, -0.2) is 44.7 Å². The van der Waals surface area contributed by atoms with Gasteiger partial charge in [0.2, 0.25) is 5.95 Å². The number of anilines is 1. The summed E-state index contributed by atoms with van der Waals surface area (Å²) in [5.41, 5.74) is 0. The smallest absolute Gasteiger partial charge is 0.313 e. The average molecular weight is 284 g/mol. The van der Waals surface area contributed by atoms with Crippen molar-refractivity contribution < 1.29 is 9.90 Å². The topological polar surface area (TPSA) is 71.2 Å². The molecule has 1 aliphatic rings. The van der Waals surface area contributed by atoms with E-state index in [2.05, 4.69) is 22.0 Å². The number of aromatic nitrogens is 3. The van der Waals surface area contributed by atoms with Gasteiger partial charge in [-0.05, 0) is 25.7 Å². The maximum absolute atomic E-state index is 10.6. The molecule has 0 unspecified atom stereocenters. The van der Waals surface area contributed by atoms with Crippen LogP contribution in [0.25, 0.3) is 0 Å². The molecular formula is C12H20N4O2S. The molecule has 7 heteroatoms. The van der Waals surface area contributed by atoms with E-state index >= 15 is 0 Å². The molecule has 0 aromatic carbocycles. The summed E-state index contributed by atoms with van der Waals surface area (Å²) in [5.74, 6) is 0.844. The van der Waals surface area contributed by atoms with Gasteiger partial charge in [0.1, 0.15) is 0 Å². The number of carbonyl (C=O) groups is 1. The fourth-order valence-corrected chi connectivity index (χ4v) is 2.95. The number of aliphatic carboxylic acids is 1. The second-order valence-corrected chi connectivity index (χ2v) is 5.82. The van der Waals surface area contributed by atoms with Crippen LogP contribution in [0.5, 0.6) is 0 Å². The monoisotopic (exact) mass is 284 g/mol. The zero-order chi connectivity index (χ0) is 13.8. The lowest BCUT2D eigenvalue weighted by Gasteiger charge is -2.30. The van der Waals surface area contributed by atoms with Gasteiger partial charge in [-0.3, -0.25) is 9.36 Å². The number of thioether (sulfide) groups is 1. The molecule has 0 spiro atoms. The lowest BCUT2D eigenvalue weighted by atomic mass is 10.00. The minimum atomic E-state index is -0.830. The van der Waals surface area contributed by atoms with Gasteiger partial charge in [-0.25, -0.2) is 0 Å². The van der Waals surface area contributed by atoms with Crippen molar-refractivity contribution in [3.05, 3.63) is 0 Å². The minimum absolute atomic E-state index is 0.0230. The van der Waals surface area contributed by atoms with Gasteiger partial charge >= 0.3 is 5.97 Å². The van der Waals surface area contributed by atoms with Gasteiger partial charge in [0.05, 0.1) is 5.75 Å². The first-order chi connectivity index (χ1) is 9.11. The Balaban J connectivity index is 2.10. The van der Waals surface area contributed by atoms with E-state index < -0.39 is 5.97 Å². The second kappa shape index (κ2) is 6.27. The Kier molecular flexibility index (Phi) is 4.68. The molecule has 0 bridgehead atoms. The maximum atomic E-state index is 10.6. The van der Waals surface area contributed by atoms with Crippen molar-refractivity contribution in [2.24, 2.45) is 5.92 Å². The van der Waals surface area contributed by atoms with Crippen molar-refractivity contribution in [2.45, 2.75) is 38.4 Å². The fourth-order valence-electron chi connectivity index (χ4n) is 2.23. The molecule has 0 radical (unpaired) electrons. The number of piperidine rings is 1. The molecule has 106 valence electrons. The predicted octanol–water partition coefficient (Wildman–Crippen LogP) is 1.71. The van der Waals surface area contributed by atoms with Crippen LogP contribution < -0.4 is 4.90 Å². The Morgan fingerprint density at radius 3 is 2.68 bits per heavy atom. The van der Waals surface area contributed by atoms with Crippen molar-refractivity contribution in [3.8, 4) is 0 Å². The Morgan fingerprint density at radius 2 is 2.11 bits per heavy atom. The number of hydrogen-bond acceptors (Lipinski definition) is 5. The summed E-state index contributed by atoms with van der Waals surface area (Å²) in [5, 5.41) is 17.8. The highest BCUT2D eigenvalue weighted by atomic mass is 32.2. The molecule has 1 N–H and O–H groups in total. The van der Waals surface area contributed by atoms with Gasteiger partial charge in [0.15, 0.2) is 5.16 Å². The van der Waals surface area contributed by atoms with Crippen molar-refractivity contribution >= 4 is 23.7 Å². The number of nitrogens with zero attached hydrogens (tertiary/aromatic N) is 4. The molecule has 1 aliphatic heterocycles. The summed E-state index contributed by atoms with van der Waals surface area (Å²) in [6, 6.07) is 0. The molecule has 1 saturated heterocycles. The van der Waals surface area contributed by atoms with Gasteiger partial charge < -0.3 is 10.0 Å². The average Bonchev–Trinajstić information content (AvgIpc) is 2.80. The molecule has 2 rings (SSSR count). The van der Waals surface area contributed by atoms with E-state index in [0.717, 1.165) is 31.5 Å². The lowest BCUT2D eigenvalue weighted by molar-refractivity contribution is -0.133. The highest BCUT2D eigenvalue weighted by Gasteiger charge is 2.22. The Morgan fingerprint density at radius 1 is 1.42 bits per heavy atom. The van der Waals surface area contributed by atoms with E-state index in [1.165, 1.54) is 24.6 Å². The maximum Gasteiger partial charge on any atom is 0.313 e. The van der Waals surface area contributed by atoms with Crippen molar-refractivity contribution in [1.82, 2.24) is 14.8 Å². The first-order valence-corrected chi connectivity index (χ1v) is 7.63. The zero-order valence-electron chi connectivity index (χ0n) is 11.4. The van der Waals surface area contributed by atoms with E-state index in [9.17, 15) is 4.79 Å². The summed E-state index contributed by atoms with van der Waals surface area (Å²) in [4.78, 5) is 12.9. The van der Waals surface area contributed by atoms with E-state index in [1.54, 1.807) is 0 Å². The van der Waals surface area contributed by atoms with Crippen LogP contribution >= 0.6 is 11.8 Å². The van der Waals surface area contributed by atoms with Crippen molar-refractivity contribution in [3.63, 3.8) is 0 Å². The predicted molar refractivity (Wildman–Crippen MR) is 74.7 cm³/mol. The van der Waals surface area contributed by atoms with Crippen molar-refractivity contribution in [2.75, 3.05) is 23.7 Å². The Labute approximate surface area is 117 Å². The van der Waals surface area contributed by atoms with Crippen LogP contribution in [0.1, 0.15) is 26.7 Å². The molecule has 2 heterocycles. The van der Waals surface area contributed by atoms with Crippen LogP contribution in [0.4, 0.5) is 5.95 Å². The fraction of sp³-hybridized carbons (Fsp3) is 0.750. The molecule has 19 heavy (non-hydrogen) atoms. The number of carboxylic acid groups (broad SMARTS) is 1. The van der Waals surface area contributed by atoms with E-state index in [-0.39, 0.29) is 5.75 Å². The highest BCUT2D eigenvalue weighted by molar-refractivity contribution is 7.99. The molecular weight excluding hydrogens is 264 g/mol. The van der Waals surface area contributed by atoms with Gasteiger partial charge in [0.25, 0.3) is 0 Å². The van der Waals surface area contributed by atoms with Crippen LogP contribution in [0.2, 0.25) is 0 Å². The lowest BCUT2D eigenvalue weighted by Crippen LogP contribution is -2.34. The molecule has 1 aromatic heterocycles. The van der Waals surface area contributed by atoms with Crippen LogP contribution in [0.3, 0.4) is 0 Å². The Hall–Kier alpha value is -1.24. The molecule has 0 saturated carbocycles. The van der Waals surface area contributed by atoms with E-state index in [1.807, 2.05) is 11.5 Å². The number of hydrogen-bond donors (Lipinski definition) is 1. The number of rotatable bonds is 5. The van der Waals surface area contributed by atoms with Gasteiger partial charge in [-0.15, -0.1) is 10.2 Å². The molecule has 6 nitrogen and oxygen atoms in total. The van der Waals surface area contributed by atoms with Gasteiger partial charge in [-0.1, -0.05) is 18.7 Å². The highest BCUT2D eigenvalue weighted by Crippen LogP contribution is 2.25. The minimum Gasteiger partial charge on any atom is -0.481 e. The molecule has 0 atom stereocenters. The van der Waals surface area contributed by atoms with Crippen LogP contribution in [0, 0.1) is 5.92 Å². The summed E-state index contributed by atoms with van der Waals surface area (Å²) < 4.78 is 2.00. The quantitative estimate of drug-likeness (QED) is 0.830. The third kappa shape index (κ3) is 3.40. The standard InChI is InChI=1S/C12H20N4O2S/c1-3-16-11(15-6-4-9(2)5-7-15)13-14-12(16)19-8-10(17)18/h9H,3-8H2,1-2H3,(H,17,18). The SMILES string of the molecule is CCn1c(SCC(=O)O)nnc1N1CCC(C)CC1. The molecule has 1 fully saturated rings. The van der Waals surface area contributed by atoms with E-state index in [0.29, 0.717) is 5.16 Å². The van der Waals surface area contributed by atoms with Crippen LogP contribution in [0.15, 0.2) is 5.16 Å². The van der Waals surface area contributed by atoms with Gasteiger partial charge in [-0.2, -0.15) is 0 Å². The zero-order valence-corrected chi connectivity index (χ0v) is 12.2. The van der Waals surface area contributed by atoms with Crippen LogP contribution in [-0.2, 0) is 11.3 Å². The summed E-state index contributed by atoms with van der Waals surface area (Å²) in [7, 11) is 0.